The predicted octanol–water partition coefficient (Wildman–Crippen LogP) is 2.28. The van der Waals surface area contributed by atoms with E-state index in [-0.39, 0.29) is 26.2 Å². The van der Waals surface area contributed by atoms with Crippen LogP contribution in [-0.2, 0) is 26.2 Å². The van der Waals surface area contributed by atoms with Crippen LogP contribution >= 0.6 is 0 Å². The van der Waals surface area contributed by atoms with Crippen molar-refractivity contribution in [1.29, 1.82) is 0 Å². The van der Waals surface area contributed by atoms with Gasteiger partial charge in [-0.25, -0.2) is 0 Å². The molecular weight excluding hydrogens is 175 g/mol. The van der Waals surface area contributed by atoms with Crippen LogP contribution in [0.5, 0.6) is 0 Å². The zero-order valence-electron chi connectivity index (χ0n) is 5.36. The molecule has 0 saturated carbocycles. The first kappa shape index (κ1) is 8.36. The van der Waals surface area contributed by atoms with E-state index in [0.717, 1.165) is 0 Å². The van der Waals surface area contributed by atoms with Gasteiger partial charge in [-0.15, -0.1) is 0 Å². The van der Waals surface area contributed by atoms with Gasteiger partial charge in [-0.05, 0) is 20.3 Å². The monoisotopic (exact) mass is 184 g/mol. The van der Waals surface area contributed by atoms with Gasteiger partial charge in [-0.3, -0.25) is 0 Å². The summed E-state index contributed by atoms with van der Waals surface area (Å²) in [6.07, 6.45) is 5.64. The fourth-order valence-electron chi connectivity index (χ4n) is 0.828. The first-order chi connectivity index (χ1) is 3.29. The van der Waals surface area contributed by atoms with E-state index >= 15 is 0 Å². The molecule has 42 valence electrons. The van der Waals surface area contributed by atoms with Crippen LogP contribution in [-0.4, -0.2) is 0 Å². The zero-order valence-corrected chi connectivity index (χ0v) is 7.82. The molecule has 0 radical (unpaired) electrons. The summed E-state index contributed by atoms with van der Waals surface area (Å²) in [6, 6.07) is 0. The summed E-state index contributed by atoms with van der Waals surface area (Å²) in [5.74, 6) is 0. The second-order valence-electron chi connectivity index (χ2n) is 2.14. The molecule has 0 saturated heterocycles. The molecule has 0 spiro atoms. The molecule has 1 aliphatic rings. The Bertz CT molecular complexity index is 131. The van der Waals surface area contributed by atoms with Crippen LogP contribution in [0.25, 0.3) is 0 Å². The van der Waals surface area contributed by atoms with E-state index in [1.807, 2.05) is 0 Å². The summed E-state index contributed by atoms with van der Waals surface area (Å²) in [4.78, 5) is 0. The van der Waals surface area contributed by atoms with Gasteiger partial charge in [0.15, 0.2) is 0 Å². The second-order valence-corrected chi connectivity index (χ2v) is 2.14. The van der Waals surface area contributed by atoms with Gasteiger partial charge in [0.05, 0.1) is 0 Å². The molecule has 0 N–H and O–H groups in total. The van der Waals surface area contributed by atoms with Crippen LogP contribution in [0.15, 0.2) is 23.3 Å². The van der Waals surface area contributed by atoms with E-state index in [1.165, 1.54) is 17.6 Å². The second kappa shape index (κ2) is 3.40. The predicted molar refractivity (Wildman–Crippen MR) is 32.1 cm³/mol. The van der Waals surface area contributed by atoms with Crippen molar-refractivity contribution in [2.24, 2.45) is 0 Å². The summed E-state index contributed by atoms with van der Waals surface area (Å²) >= 11 is 0. The van der Waals surface area contributed by atoms with Gasteiger partial charge in [0.1, 0.15) is 0 Å². The number of hydrogen-bond acceptors (Lipinski definition) is 0. The molecule has 0 bridgehead atoms. The maximum absolute atomic E-state index is 2.25. The largest absolute Gasteiger partial charge is 0.0775 e. The molecular formula is C7H10Zr. The van der Waals surface area contributed by atoms with Crippen LogP contribution in [0.3, 0.4) is 0 Å². The molecule has 0 aromatic rings. The topological polar surface area (TPSA) is 0 Å². The van der Waals surface area contributed by atoms with Gasteiger partial charge in [0, 0.05) is 26.2 Å². The average molecular weight is 185 g/mol. The molecule has 1 rings (SSSR count). The van der Waals surface area contributed by atoms with Gasteiger partial charge in [-0.2, -0.15) is 0 Å². The van der Waals surface area contributed by atoms with E-state index < -0.39 is 0 Å². The minimum absolute atomic E-state index is 0. The SMILES string of the molecule is CC1=CCC(C)=C1.[Zr]. The Morgan fingerprint density at radius 1 is 1.38 bits per heavy atom. The van der Waals surface area contributed by atoms with Crippen molar-refractivity contribution in [2.75, 3.05) is 0 Å². The zero-order chi connectivity index (χ0) is 5.28. The van der Waals surface area contributed by atoms with Crippen LogP contribution in [0.2, 0.25) is 0 Å². The fourth-order valence-corrected chi connectivity index (χ4v) is 0.828. The van der Waals surface area contributed by atoms with E-state index in [2.05, 4.69) is 26.0 Å². The fraction of sp³-hybridized carbons (Fsp3) is 0.429. The van der Waals surface area contributed by atoms with Gasteiger partial charge < -0.3 is 0 Å². The molecule has 0 aliphatic heterocycles. The van der Waals surface area contributed by atoms with Gasteiger partial charge in [0.25, 0.3) is 0 Å². The minimum atomic E-state index is 0. The van der Waals surface area contributed by atoms with Crippen molar-refractivity contribution in [1.82, 2.24) is 0 Å². The van der Waals surface area contributed by atoms with Crippen molar-refractivity contribution in [3.63, 3.8) is 0 Å². The molecule has 8 heavy (non-hydrogen) atoms. The summed E-state index contributed by atoms with van der Waals surface area (Å²) < 4.78 is 0. The van der Waals surface area contributed by atoms with Crippen LogP contribution in [0.4, 0.5) is 0 Å². The van der Waals surface area contributed by atoms with E-state index in [0.29, 0.717) is 0 Å². The summed E-state index contributed by atoms with van der Waals surface area (Å²) in [6.45, 7) is 4.30. The van der Waals surface area contributed by atoms with Gasteiger partial charge >= 0.3 is 0 Å². The molecule has 1 heteroatoms. The van der Waals surface area contributed by atoms with Crippen LogP contribution in [0.1, 0.15) is 20.3 Å². The maximum Gasteiger partial charge on any atom is 0 e. The molecule has 1 aliphatic carbocycles. The Morgan fingerprint density at radius 2 is 2.00 bits per heavy atom. The third-order valence-corrected chi connectivity index (χ3v) is 1.22. The molecule has 0 heterocycles. The molecule has 0 unspecified atom stereocenters. The smallest absolute Gasteiger partial charge is 0 e. The summed E-state index contributed by atoms with van der Waals surface area (Å²) in [5, 5.41) is 0. The van der Waals surface area contributed by atoms with Crippen LogP contribution in [0, 0.1) is 0 Å². The quantitative estimate of drug-likeness (QED) is 0.543. The Hall–Kier alpha value is 0.363. The van der Waals surface area contributed by atoms with Crippen molar-refractivity contribution in [3.8, 4) is 0 Å². The first-order valence-electron chi connectivity index (χ1n) is 2.63. The normalized spacial score (nSPS) is 16.8. The Kier molecular flexibility index (Phi) is 3.55. The average Bonchev–Trinajstić information content (AvgIpc) is 1.87. The number of allylic oxidation sites excluding steroid dienone is 4. The van der Waals surface area contributed by atoms with Gasteiger partial charge in [-0.1, -0.05) is 23.3 Å². The van der Waals surface area contributed by atoms with Gasteiger partial charge in [0.2, 0.25) is 0 Å². The van der Waals surface area contributed by atoms with E-state index in [9.17, 15) is 0 Å². The molecule has 0 fully saturated rings. The molecule has 0 nitrogen and oxygen atoms in total. The summed E-state index contributed by atoms with van der Waals surface area (Å²) in [5.41, 5.74) is 2.90. The Balaban J connectivity index is 0.000000490. The molecule has 0 amide bonds. The number of hydrogen-bond donors (Lipinski definition) is 0. The number of rotatable bonds is 0. The van der Waals surface area contributed by atoms with Crippen molar-refractivity contribution in [3.05, 3.63) is 23.3 Å². The standard InChI is InChI=1S/C7H10.Zr/c1-6-3-4-7(2)5-6;/h3,5H,4H2,1-2H3;. The third-order valence-electron chi connectivity index (χ3n) is 1.22. The molecule has 0 aromatic carbocycles. The van der Waals surface area contributed by atoms with E-state index in [4.69, 9.17) is 0 Å². The minimum Gasteiger partial charge on any atom is -0.0775 e. The third kappa shape index (κ3) is 2.09. The van der Waals surface area contributed by atoms with Crippen molar-refractivity contribution >= 4 is 0 Å². The summed E-state index contributed by atoms with van der Waals surface area (Å²) in [7, 11) is 0. The van der Waals surface area contributed by atoms with Crippen molar-refractivity contribution in [2.45, 2.75) is 20.3 Å². The molecule has 0 atom stereocenters. The Morgan fingerprint density at radius 3 is 2.12 bits per heavy atom. The first-order valence-corrected chi connectivity index (χ1v) is 2.63. The van der Waals surface area contributed by atoms with E-state index in [1.54, 1.807) is 0 Å². The van der Waals surface area contributed by atoms with Crippen molar-refractivity contribution < 1.29 is 26.2 Å². The maximum atomic E-state index is 2.25. The Labute approximate surface area is 69.8 Å². The molecule has 0 aromatic heterocycles. The van der Waals surface area contributed by atoms with Crippen LogP contribution < -0.4 is 0 Å².